The Hall–Kier alpha value is -1.09. The maximum absolute atomic E-state index is 10.4. The van der Waals surface area contributed by atoms with Crippen LogP contribution in [-0.4, -0.2) is 22.8 Å². The number of hydrogen-bond donors (Lipinski definition) is 2. The van der Waals surface area contributed by atoms with Crippen molar-refractivity contribution in [2.24, 2.45) is 5.92 Å². The van der Waals surface area contributed by atoms with Gasteiger partial charge in [-0.15, -0.1) is 0 Å². The molecule has 0 aliphatic carbocycles. The van der Waals surface area contributed by atoms with Crippen LogP contribution in [0, 0.1) is 5.92 Å². The number of allylic oxidation sites excluding steroid dienone is 3. The fourth-order valence-corrected chi connectivity index (χ4v) is 1.15. The van der Waals surface area contributed by atoms with E-state index in [4.69, 9.17) is 10.2 Å². The van der Waals surface area contributed by atoms with Gasteiger partial charge in [-0.3, -0.25) is 0 Å². The van der Waals surface area contributed by atoms with Gasteiger partial charge in [-0.25, -0.2) is 4.79 Å². The van der Waals surface area contributed by atoms with Gasteiger partial charge >= 0.3 is 5.97 Å². The smallest absolute Gasteiger partial charge is 0.331 e. The van der Waals surface area contributed by atoms with Crippen molar-refractivity contribution in [3.8, 4) is 0 Å². The first-order valence-corrected chi connectivity index (χ1v) is 5.25. The molecule has 86 valence electrons. The molecule has 3 heteroatoms. The van der Waals surface area contributed by atoms with Crippen LogP contribution in [-0.2, 0) is 4.79 Å². The molecule has 0 aliphatic rings. The van der Waals surface area contributed by atoms with Crippen molar-refractivity contribution in [3.05, 3.63) is 23.8 Å². The second-order valence-electron chi connectivity index (χ2n) is 3.79. The first kappa shape index (κ1) is 13.9. The molecule has 0 rings (SSSR count). The minimum Gasteiger partial charge on any atom is -0.478 e. The second-order valence-corrected chi connectivity index (χ2v) is 3.79. The van der Waals surface area contributed by atoms with Crippen LogP contribution in [0.4, 0.5) is 0 Å². The zero-order valence-electron chi connectivity index (χ0n) is 9.44. The van der Waals surface area contributed by atoms with E-state index in [9.17, 15) is 4.79 Å². The number of aliphatic carboxylic acids is 1. The van der Waals surface area contributed by atoms with Gasteiger partial charge in [0.25, 0.3) is 0 Å². The molecule has 0 aromatic rings. The maximum Gasteiger partial charge on any atom is 0.331 e. The zero-order valence-corrected chi connectivity index (χ0v) is 9.44. The standard InChI is InChI=1S/C12H20O3/c1-10(7-5-9-13)6-3-4-8-11(2)12(14)15/h3-4,8,10,13H,5-7,9H2,1-2H3,(H,14,15)/b4-3+,11-8+. The molecule has 0 spiro atoms. The second kappa shape index (κ2) is 8.24. The summed E-state index contributed by atoms with van der Waals surface area (Å²) in [5, 5.41) is 17.2. The van der Waals surface area contributed by atoms with E-state index in [-0.39, 0.29) is 6.61 Å². The van der Waals surface area contributed by atoms with Gasteiger partial charge in [-0.2, -0.15) is 0 Å². The van der Waals surface area contributed by atoms with Crippen LogP contribution in [0.1, 0.15) is 33.1 Å². The highest BCUT2D eigenvalue weighted by Crippen LogP contribution is 2.10. The molecule has 0 radical (unpaired) electrons. The molecular formula is C12H20O3. The minimum atomic E-state index is -0.882. The monoisotopic (exact) mass is 212 g/mol. The molecule has 0 heterocycles. The van der Waals surface area contributed by atoms with Crippen LogP contribution in [0.3, 0.4) is 0 Å². The Labute approximate surface area is 91.1 Å². The van der Waals surface area contributed by atoms with Crippen LogP contribution in [0.5, 0.6) is 0 Å². The SMILES string of the molecule is C/C(=C\C=C\CC(C)CCCO)C(=O)O. The van der Waals surface area contributed by atoms with Crippen molar-refractivity contribution in [3.63, 3.8) is 0 Å². The van der Waals surface area contributed by atoms with Crippen molar-refractivity contribution in [1.29, 1.82) is 0 Å². The zero-order chi connectivity index (χ0) is 11.7. The van der Waals surface area contributed by atoms with Crippen LogP contribution >= 0.6 is 0 Å². The molecule has 0 saturated heterocycles. The van der Waals surface area contributed by atoms with Crippen molar-refractivity contribution < 1.29 is 15.0 Å². The summed E-state index contributed by atoms with van der Waals surface area (Å²) in [4.78, 5) is 10.4. The molecule has 3 nitrogen and oxygen atoms in total. The Kier molecular flexibility index (Phi) is 7.64. The number of aliphatic hydroxyl groups is 1. The average Bonchev–Trinajstić information content (AvgIpc) is 2.20. The average molecular weight is 212 g/mol. The van der Waals surface area contributed by atoms with E-state index < -0.39 is 5.97 Å². The van der Waals surface area contributed by atoms with Gasteiger partial charge < -0.3 is 10.2 Å². The molecule has 0 aromatic carbocycles. The summed E-state index contributed by atoms with van der Waals surface area (Å²) in [6, 6.07) is 0. The number of rotatable bonds is 7. The molecule has 0 bridgehead atoms. The summed E-state index contributed by atoms with van der Waals surface area (Å²) >= 11 is 0. The van der Waals surface area contributed by atoms with E-state index in [0.717, 1.165) is 19.3 Å². The number of carboxylic acids is 1. The van der Waals surface area contributed by atoms with E-state index >= 15 is 0 Å². The van der Waals surface area contributed by atoms with Gasteiger partial charge in [0, 0.05) is 12.2 Å². The third-order valence-electron chi connectivity index (χ3n) is 2.21. The van der Waals surface area contributed by atoms with Gasteiger partial charge in [-0.05, 0) is 32.1 Å². The van der Waals surface area contributed by atoms with E-state index in [1.165, 1.54) is 0 Å². The molecule has 0 aromatic heterocycles. The van der Waals surface area contributed by atoms with Crippen LogP contribution in [0.2, 0.25) is 0 Å². The lowest BCUT2D eigenvalue weighted by Gasteiger charge is -2.05. The maximum atomic E-state index is 10.4. The number of carbonyl (C=O) groups is 1. The predicted molar refractivity (Wildman–Crippen MR) is 60.6 cm³/mol. The number of aliphatic hydroxyl groups excluding tert-OH is 1. The third kappa shape index (κ3) is 7.94. The summed E-state index contributed by atoms with van der Waals surface area (Å²) in [7, 11) is 0. The van der Waals surface area contributed by atoms with Gasteiger partial charge in [-0.1, -0.05) is 25.2 Å². The normalized spacial score (nSPS) is 14.5. The minimum absolute atomic E-state index is 0.242. The van der Waals surface area contributed by atoms with Gasteiger partial charge in [0.15, 0.2) is 0 Å². The lowest BCUT2D eigenvalue weighted by Crippen LogP contribution is -1.95. The van der Waals surface area contributed by atoms with Crippen LogP contribution in [0.15, 0.2) is 23.8 Å². The summed E-state index contributed by atoms with van der Waals surface area (Å²) in [5.41, 5.74) is 0.342. The molecular weight excluding hydrogens is 192 g/mol. The third-order valence-corrected chi connectivity index (χ3v) is 2.21. The first-order valence-electron chi connectivity index (χ1n) is 5.25. The molecule has 1 atom stereocenters. The topological polar surface area (TPSA) is 57.5 Å². The quantitative estimate of drug-likeness (QED) is 0.503. The Morgan fingerprint density at radius 1 is 1.47 bits per heavy atom. The molecule has 15 heavy (non-hydrogen) atoms. The van der Waals surface area contributed by atoms with Crippen molar-refractivity contribution in [2.45, 2.75) is 33.1 Å². The van der Waals surface area contributed by atoms with Crippen molar-refractivity contribution in [2.75, 3.05) is 6.61 Å². The lowest BCUT2D eigenvalue weighted by atomic mass is 10.0. The van der Waals surface area contributed by atoms with E-state index in [1.807, 2.05) is 6.08 Å². The molecule has 0 fully saturated rings. The lowest BCUT2D eigenvalue weighted by molar-refractivity contribution is -0.132. The fourth-order valence-electron chi connectivity index (χ4n) is 1.15. The summed E-state index contributed by atoms with van der Waals surface area (Å²) in [6.07, 6.45) is 8.10. The van der Waals surface area contributed by atoms with E-state index in [1.54, 1.807) is 19.1 Å². The highest BCUT2D eigenvalue weighted by molar-refractivity contribution is 5.86. The van der Waals surface area contributed by atoms with Crippen LogP contribution in [0.25, 0.3) is 0 Å². The Bertz CT molecular complexity index is 241. The Morgan fingerprint density at radius 2 is 2.13 bits per heavy atom. The Morgan fingerprint density at radius 3 is 2.67 bits per heavy atom. The van der Waals surface area contributed by atoms with Gasteiger partial charge in [0.2, 0.25) is 0 Å². The van der Waals surface area contributed by atoms with Crippen molar-refractivity contribution in [1.82, 2.24) is 0 Å². The number of hydrogen-bond acceptors (Lipinski definition) is 2. The summed E-state index contributed by atoms with van der Waals surface area (Å²) in [5.74, 6) is -0.347. The fraction of sp³-hybridized carbons (Fsp3) is 0.583. The van der Waals surface area contributed by atoms with E-state index in [0.29, 0.717) is 11.5 Å². The molecule has 0 aliphatic heterocycles. The predicted octanol–water partition coefficient (Wildman–Crippen LogP) is 2.37. The molecule has 0 amide bonds. The number of carboxylic acid groups (broad SMARTS) is 1. The van der Waals surface area contributed by atoms with Crippen LogP contribution < -0.4 is 0 Å². The first-order chi connectivity index (χ1) is 7.07. The summed E-state index contributed by atoms with van der Waals surface area (Å²) < 4.78 is 0. The molecule has 2 N–H and O–H groups in total. The van der Waals surface area contributed by atoms with E-state index in [2.05, 4.69) is 6.92 Å². The largest absolute Gasteiger partial charge is 0.478 e. The summed E-state index contributed by atoms with van der Waals surface area (Å²) in [6.45, 7) is 3.93. The van der Waals surface area contributed by atoms with Gasteiger partial charge in [0.1, 0.15) is 0 Å². The van der Waals surface area contributed by atoms with Crippen molar-refractivity contribution >= 4 is 5.97 Å². The molecule has 0 saturated carbocycles. The Balaban J connectivity index is 3.79. The molecule has 1 unspecified atom stereocenters. The highest BCUT2D eigenvalue weighted by Gasteiger charge is 1.98. The van der Waals surface area contributed by atoms with Gasteiger partial charge in [0.05, 0.1) is 0 Å². The highest BCUT2D eigenvalue weighted by atomic mass is 16.4.